The Morgan fingerprint density at radius 3 is 2.33 bits per heavy atom. The fraction of sp³-hybridized carbons (Fsp3) is 0.0625. The van der Waals surface area contributed by atoms with Crippen LogP contribution in [-0.4, -0.2) is 13.1 Å². The van der Waals surface area contributed by atoms with Gasteiger partial charge in [0, 0.05) is 16.1 Å². The first-order valence-corrected chi connectivity index (χ1v) is 6.83. The molecule has 0 saturated heterocycles. The van der Waals surface area contributed by atoms with E-state index in [1.807, 2.05) is 0 Å². The zero-order chi connectivity index (χ0) is 15.2. The first-order valence-electron chi connectivity index (χ1n) is 6.07. The Morgan fingerprint density at radius 2 is 1.71 bits per heavy atom. The number of carbonyl (C=O) groups is 1. The van der Waals surface area contributed by atoms with Crippen molar-refractivity contribution in [2.24, 2.45) is 0 Å². The molecule has 0 N–H and O–H groups in total. The van der Waals surface area contributed by atoms with Crippen LogP contribution in [0.4, 0.5) is 0 Å². The minimum Gasteiger partial charge on any atom is -0.497 e. The number of halogens is 2. The summed E-state index contributed by atoms with van der Waals surface area (Å²) in [5.74, 6) is 0.636. The number of rotatable bonds is 4. The lowest BCUT2D eigenvalue weighted by atomic mass is 10.2. The van der Waals surface area contributed by atoms with Gasteiger partial charge in [0.25, 0.3) is 0 Å². The van der Waals surface area contributed by atoms with Gasteiger partial charge in [0.05, 0.1) is 7.11 Å². The van der Waals surface area contributed by atoms with Gasteiger partial charge in [-0.2, -0.15) is 0 Å². The molecule has 0 aromatic heterocycles. The molecule has 0 spiro atoms. The van der Waals surface area contributed by atoms with E-state index in [-0.39, 0.29) is 0 Å². The lowest BCUT2D eigenvalue weighted by molar-refractivity contribution is -0.128. The summed E-state index contributed by atoms with van der Waals surface area (Å²) in [7, 11) is 1.57. The molecule has 0 aliphatic rings. The van der Waals surface area contributed by atoms with Crippen LogP contribution in [0.15, 0.2) is 48.5 Å². The van der Waals surface area contributed by atoms with Crippen molar-refractivity contribution in [3.63, 3.8) is 0 Å². The van der Waals surface area contributed by atoms with Gasteiger partial charge < -0.3 is 9.47 Å². The van der Waals surface area contributed by atoms with E-state index >= 15 is 0 Å². The minimum atomic E-state index is -0.494. The van der Waals surface area contributed by atoms with E-state index < -0.39 is 5.97 Å². The zero-order valence-corrected chi connectivity index (χ0v) is 12.7. The van der Waals surface area contributed by atoms with Crippen LogP contribution in [0.5, 0.6) is 11.5 Å². The summed E-state index contributed by atoms with van der Waals surface area (Å²) >= 11 is 11.8. The van der Waals surface area contributed by atoms with Crippen LogP contribution < -0.4 is 9.47 Å². The molecule has 0 radical (unpaired) electrons. The minimum absolute atomic E-state index is 0.438. The molecule has 108 valence electrons. The first kappa shape index (κ1) is 15.4. The maximum absolute atomic E-state index is 11.7. The quantitative estimate of drug-likeness (QED) is 0.468. The summed E-state index contributed by atoms with van der Waals surface area (Å²) in [6.45, 7) is 0. The second-order valence-electron chi connectivity index (χ2n) is 4.10. The molecule has 0 aliphatic heterocycles. The number of esters is 1. The van der Waals surface area contributed by atoms with Crippen molar-refractivity contribution in [3.05, 3.63) is 64.1 Å². The average Bonchev–Trinajstić information content (AvgIpc) is 2.47. The summed E-state index contributed by atoms with van der Waals surface area (Å²) < 4.78 is 10.2. The normalized spacial score (nSPS) is 10.6. The van der Waals surface area contributed by atoms with Crippen LogP contribution in [0.3, 0.4) is 0 Å². The van der Waals surface area contributed by atoms with Gasteiger partial charge in [-0.1, -0.05) is 29.3 Å². The van der Waals surface area contributed by atoms with Crippen molar-refractivity contribution in [2.45, 2.75) is 0 Å². The van der Waals surface area contributed by atoms with E-state index in [9.17, 15) is 4.79 Å². The van der Waals surface area contributed by atoms with E-state index in [1.165, 1.54) is 6.08 Å². The van der Waals surface area contributed by atoms with Crippen LogP contribution in [0.2, 0.25) is 10.0 Å². The summed E-state index contributed by atoms with van der Waals surface area (Å²) in [6, 6.07) is 11.8. The van der Waals surface area contributed by atoms with Gasteiger partial charge in [-0.3, -0.25) is 0 Å². The van der Waals surface area contributed by atoms with Crippen molar-refractivity contribution < 1.29 is 14.3 Å². The van der Waals surface area contributed by atoms with Crippen LogP contribution in [0, 0.1) is 0 Å². The van der Waals surface area contributed by atoms with E-state index in [0.717, 1.165) is 0 Å². The molecule has 21 heavy (non-hydrogen) atoms. The average molecular weight is 323 g/mol. The Labute approximate surface area is 132 Å². The number of hydrogen-bond acceptors (Lipinski definition) is 3. The molecule has 0 fully saturated rings. The Morgan fingerprint density at radius 1 is 1.05 bits per heavy atom. The standard InChI is InChI=1S/C16H12Cl2O3/c1-20-13-5-7-14(8-6-13)21-16(19)9-3-11-2-4-12(17)10-15(11)18/h2-10H,1H3/b9-3+. The fourth-order valence-corrected chi connectivity index (χ4v) is 2.06. The molecular weight excluding hydrogens is 311 g/mol. The largest absolute Gasteiger partial charge is 0.497 e. The first-order chi connectivity index (χ1) is 10.1. The van der Waals surface area contributed by atoms with Crippen molar-refractivity contribution in [1.29, 1.82) is 0 Å². The second-order valence-corrected chi connectivity index (χ2v) is 4.94. The van der Waals surface area contributed by atoms with E-state index in [0.29, 0.717) is 27.1 Å². The van der Waals surface area contributed by atoms with Crippen molar-refractivity contribution in [3.8, 4) is 11.5 Å². The van der Waals surface area contributed by atoms with Gasteiger partial charge in [-0.25, -0.2) is 4.79 Å². The van der Waals surface area contributed by atoms with E-state index in [1.54, 1.807) is 55.7 Å². The van der Waals surface area contributed by atoms with Gasteiger partial charge in [-0.15, -0.1) is 0 Å². The molecule has 2 aromatic rings. The van der Waals surface area contributed by atoms with Crippen LogP contribution in [0.25, 0.3) is 6.08 Å². The second kappa shape index (κ2) is 7.16. The number of methoxy groups -OCH3 is 1. The molecule has 0 unspecified atom stereocenters. The smallest absolute Gasteiger partial charge is 0.336 e. The zero-order valence-electron chi connectivity index (χ0n) is 11.2. The fourth-order valence-electron chi connectivity index (χ4n) is 1.59. The monoisotopic (exact) mass is 322 g/mol. The van der Waals surface area contributed by atoms with Gasteiger partial charge in [-0.05, 0) is 48.0 Å². The van der Waals surface area contributed by atoms with E-state index in [4.69, 9.17) is 32.7 Å². The lowest BCUT2D eigenvalue weighted by Crippen LogP contribution is -2.03. The van der Waals surface area contributed by atoms with Gasteiger partial charge in [0.1, 0.15) is 11.5 Å². The number of benzene rings is 2. The number of ether oxygens (including phenoxy) is 2. The molecule has 0 heterocycles. The molecule has 2 rings (SSSR count). The Bertz CT molecular complexity index is 664. The molecule has 0 bridgehead atoms. The van der Waals surface area contributed by atoms with Crippen molar-refractivity contribution in [2.75, 3.05) is 7.11 Å². The van der Waals surface area contributed by atoms with Gasteiger partial charge in [0.15, 0.2) is 0 Å². The van der Waals surface area contributed by atoms with Crippen molar-refractivity contribution >= 4 is 35.2 Å². The van der Waals surface area contributed by atoms with Crippen molar-refractivity contribution in [1.82, 2.24) is 0 Å². The predicted molar refractivity (Wildman–Crippen MR) is 84.1 cm³/mol. The highest BCUT2D eigenvalue weighted by Crippen LogP contribution is 2.22. The Kier molecular flexibility index (Phi) is 5.26. The van der Waals surface area contributed by atoms with Gasteiger partial charge in [0.2, 0.25) is 0 Å². The Hall–Kier alpha value is -1.97. The summed E-state index contributed by atoms with van der Waals surface area (Å²) in [4.78, 5) is 11.7. The molecule has 2 aromatic carbocycles. The highest BCUT2D eigenvalue weighted by molar-refractivity contribution is 6.35. The molecule has 3 nitrogen and oxygen atoms in total. The predicted octanol–water partition coefficient (Wildman–Crippen LogP) is 4.62. The summed E-state index contributed by atoms with van der Waals surface area (Å²) in [5.41, 5.74) is 0.688. The number of carbonyl (C=O) groups excluding carboxylic acids is 1. The molecular formula is C16H12Cl2O3. The highest BCUT2D eigenvalue weighted by atomic mass is 35.5. The SMILES string of the molecule is COc1ccc(OC(=O)/C=C/c2ccc(Cl)cc2Cl)cc1. The molecule has 5 heteroatoms. The summed E-state index contributed by atoms with van der Waals surface area (Å²) in [6.07, 6.45) is 2.88. The molecule has 0 saturated carbocycles. The third-order valence-electron chi connectivity index (χ3n) is 2.64. The third-order valence-corrected chi connectivity index (χ3v) is 3.20. The maximum Gasteiger partial charge on any atom is 0.336 e. The van der Waals surface area contributed by atoms with Crippen LogP contribution >= 0.6 is 23.2 Å². The van der Waals surface area contributed by atoms with Gasteiger partial charge >= 0.3 is 5.97 Å². The Balaban J connectivity index is 2.01. The third kappa shape index (κ3) is 4.52. The highest BCUT2D eigenvalue weighted by Gasteiger charge is 2.02. The van der Waals surface area contributed by atoms with Crippen LogP contribution in [0.1, 0.15) is 5.56 Å². The molecule has 0 atom stereocenters. The van der Waals surface area contributed by atoms with E-state index in [2.05, 4.69) is 0 Å². The maximum atomic E-state index is 11.7. The molecule has 0 amide bonds. The lowest BCUT2D eigenvalue weighted by Gasteiger charge is -2.03. The summed E-state index contributed by atoms with van der Waals surface area (Å²) in [5, 5.41) is 1.01. The number of hydrogen-bond donors (Lipinski definition) is 0. The van der Waals surface area contributed by atoms with Crippen LogP contribution in [-0.2, 0) is 4.79 Å². The topological polar surface area (TPSA) is 35.5 Å². The molecule has 0 aliphatic carbocycles.